The maximum absolute atomic E-state index is 13.1. The first-order chi connectivity index (χ1) is 12.1. The summed E-state index contributed by atoms with van der Waals surface area (Å²) >= 11 is 3.62. The quantitative estimate of drug-likeness (QED) is 0.647. The van der Waals surface area contributed by atoms with Crippen LogP contribution >= 0.6 is 23.1 Å². The fraction of sp³-hybridized carbons (Fsp3) is 0.263. The average Bonchev–Trinajstić information content (AvgIpc) is 3.05. The smallest absolute Gasteiger partial charge is 0.207 e. The summed E-state index contributed by atoms with van der Waals surface area (Å²) in [6.45, 7) is 1.15. The van der Waals surface area contributed by atoms with Gasteiger partial charge in [-0.05, 0) is 40.8 Å². The van der Waals surface area contributed by atoms with Gasteiger partial charge in [0.15, 0.2) is 0 Å². The van der Waals surface area contributed by atoms with Gasteiger partial charge < -0.3 is 0 Å². The van der Waals surface area contributed by atoms with Gasteiger partial charge in [-0.3, -0.25) is 0 Å². The second-order valence-corrected chi connectivity index (χ2v) is 10.3. The average molecular weight is 390 g/mol. The molecule has 1 atom stereocenters. The summed E-state index contributed by atoms with van der Waals surface area (Å²) in [4.78, 5) is 1.74. The van der Waals surface area contributed by atoms with Gasteiger partial charge in [-0.25, -0.2) is 8.42 Å². The van der Waals surface area contributed by atoms with Crippen molar-refractivity contribution in [2.45, 2.75) is 16.6 Å². The summed E-state index contributed by atoms with van der Waals surface area (Å²) in [6, 6.07) is 17.5. The van der Waals surface area contributed by atoms with E-state index in [1.165, 1.54) is 4.88 Å². The zero-order chi connectivity index (χ0) is 17.3. The molecule has 0 N–H and O–H groups in total. The second-order valence-electron chi connectivity index (χ2n) is 6.08. The summed E-state index contributed by atoms with van der Waals surface area (Å²) in [7, 11) is -3.45. The van der Waals surface area contributed by atoms with Crippen molar-refractivity contribution in [2.24, 2.45) is 0 Å². The van der Waals surface area contributed by atoms with Crippen LogP contribution in [0.15, 0.2) is 64.9 Å². The SMILES string of the molecule is O=S(=O)(c1ccc2ccccc2c1)N1CCSC(c2cccs2)CC1. The second kappa shape index (κ2) is 7.11. The normalized spacial score (nSPS) is 19.8. The molecule has 25 heavy (non-hydrogen) atoms. The van der Waals surface area contributed by atoms with Crippen LogP contribution in [0.2, 0.25) is 0 Å². The molecule has 1 unspecified atom stereocenters. The van der Waals surface area contributed by atoms with Crippen molar-refractivity contribution in [2.75, 3.05) is 18.8 Å². The Balaban J connectivity index is 1.58. The fourth-order valence-electron chi connectivity index (χ4n) is 3.17. The molecule has 2 heterocycles. The summed E-state index contributed by atoms with van der Waals surface area (Å²) in [6.07, 6.45) is 0.859. The van der Waals surface area contributed by atoms with Gasteiger partial charge in [-0.2, -0.15) is 16.1 Å². The molecular weight excluding hydrogens is 370 g/mol. The van der Waals surface area contributed by atoms with Crippen LogP contribution in [0.3, 0.4) is 0 Å². The summed E-state index contributed by atoms with van der Waals surface area (Å²) in [5.41, 5.74) is 0. The Hall–Kier alpha value is -1.34. The molecule has 0 radical (unpaired) electrons. The molecule has 4 rings (SSSR count). The van der Waals surface area contributed by atoms with E-state index in [1.54, 1.807) is 27.8 Å². The van der Waals surface area contributed by atoms with Crippen molar-refractivity contribution in [1.29, 1.82) is 0 Å². The van der Waals surface area contributed by atoms with E-state index in [2.05, 4.69) is 17.5 Å². The van der Waals surface area contributed by atoms with Gasteiger partial charge in [0.25, 0.3) is 0 Å². The van der Waals surface area contributed by atoms with Gasteiger partial charge >= 0.3 is 0 Å². The first kappa shape index (κ1) is 17.1. The maximum Gasteiger partial charge on any atom is 0.243 e. The molecule has 0 spiro atoms. The molecule has 1 saturated heterocycles. The van der Waals surface area contributed by atoms with Crippen LogP contribution in [0.4, 0.5) is 0 Å². The van der Waals surface area contributed by atoms with E-state index >= 15 is 0 Å². The van der Waals surface area contributed by atoms with E-state index in [4.69, 9.17) is 0 Å². The van der Waals surface area contributed by atoms with Crippen LogP contribution in [0.25, 0.3) is 10.8 Å². The van der Waals surface area contributed by atoms with Crippen molar-refractivity contribution in [3.8, 4) is 0 Å². The number of hydrogen-bond donors (Lipinski definition) is 0. The lowest BCUT2D eigenvalue weighted by atomic mass is 10.1. The van der Waals surface area contributed by atoms with Gasteiger partial charge in [0, 0.05) is 29.0 Å². The molecule has 1 aliphatic heterocycles. The largest absolute Gasteiger partial charge is 0.243 e. The molecular formula is C19H19NO2S3. The molecule has 3 aromatic rings. The number of thiophene rings is 1. The number of rotatable bonds is 3. The number of benzene rings is 2. The molecule has 1 aromatic heterocycles. The minimum absolute atomic E-state index is 0.394. The third-order valence-electron chi connectivity index (χ3n) is 4.52. The van der Waals surface area contributed by atoms with Gasteiger partial charge in [-0.1, -0.05) is 36.4 Å². The minimum Gasteiger partial charge on any atom is -0.207 e. The van der Waals surface area contributed by atoms with Crippen molar-refractivity contribution >= 4 is 43.9 Å². The van der Waals surface area contributed by atoms with Gasteiger partial charge in [-0.15, -0.1) is 11.3 Å². The molecule has 0 aliphatic carbocycles. The molecule has 1 aliphatic rings. The Morgan fingerprint density at radius 1 is 0.960 bits per heavy atom. The molecule has 2 aromatic carbocycles. The third-order valence-corrected chi connectivity index (χ3v) is 8.86. The third kappa shape index (κ3) is 3.49. The lowest BCUT2D eigenvalue weighted by Crippen LogP contribution is -2.33. The topological polar surface area (TPSA) is 37.4 Å². The van der Waals surface area contributed by atoms with Crippen LogP contribution in [-0.2, 0) is 10.0 Å². The number of thioether (sulfide) groups is 1. The molecule has 0 saturated carbocycles. The summed E-state index contributed by atoms with van der Waals surface area (Å²) < 4.78 is 27.8. The number of fused-ring (bicyclic) bond motifs is 1. The Morgan fingerprint density at radius 2 is 1.80 bits per heavy atom. The Bertz CT molecular complexity index is 967. The Labute approximate surface area is 156 Å². The van der Waals surface area contributed by atoms with Crippen LogP contribution in [0, 0.1) is 0 Å². The highest BCUT2D eigenvalue weighted by Crippen LogP contribution is 2.37. The highest BCUT2D eigenvalue weighted by Gasteiger charge is 2.28. The lowest BCUT2D eigenvalue weighted by Gasteiger charge is -2.20. The molecule has 3 nitrogen and oxygen atoms in total. The predicted molar refractivity (Wildman–Crippen MR) is 107 cm³/mol. The zero-order valence-corrected chi connectivity index (χ0v) is 16.1. The van der Waals surface area contributed by atoms with Crippen molar-refractivity contribution in [1.82, 2.24) is 4.31 Å². The van der Waals surface area contributed by atoms with Gasteiger partial charge in [0.05, 0.1) is 4.90 Å². The Kier molecular flexibility index (Phi) is 4.86. The lowest BCUT2D eigenvalue weighted by molar-refractivity contribution is 0.428. The van der Waals surface area contributed by atoms with E-state index in [9.17, 15) is 8.42 Å². The molecule has 0 amide bonds. The van der Waals surface area contributed by atoms with Crippen LogP contribution in [-0.4, -0.2) is 31.6 Å². The predicted octanol–water partition coefficient (Wildman–Crippen LogP) is 4.77. The van der Waals surface area contributed by atoms with Crippen molar-refractivity contribution < 1.29 is 8.42 Å². The van der Waals surface area contributed by atoms with E-state index < -0.39 is 10.0 Å². The summed E-state index contributed by atoms with van der Waals surface area (Å²) in [5.74, 6) is 0.829. The standard InChI is InChI=1S/C19H19NO2S3/c21-25(22,17-8-7-15-4-1-2-5-16(15)14-17)20-10-9-19(24-13-11-20)18-6-3-12-23-18/h1-8,12,14,19H,9-11,13H2. The van der Waals surface area contributed by atoms with Gasteiger partial charge in [0.1, 0.15) is 0 Å². The number of nitrogens with zero attached hydrogens (tertiary/aromatic N) is 1. The van der Waals surface area contributed by atoms with Gasteiger partial charge in [0.2, 0.25) is 10.0 Å². The fourth-order valence-corrected chi connectivity index (χ4v) is 7.01. The Morgan fingerprint density at radius 3 is 2.60 bits per heavy atom. The van der Waals surface area contributed by atoms with Crippen LogP contribution < -0.4 is 0 Å². The highest BCUT2D eigenvalue weighted by molar-refractivity contribution is 7.99. The highest BCUT2D eigenvalue weighted by atomic mass is 32.2. The van der Waals surface area contributed by atoms with E-state index in [0.29, 0.717) is 23.2 Å². The van der Waals surface area contributed by atoms with Crippen molar-refractivity contribution in [3.05, 3.63) is 64.9 Å². The first-order valence-corrected chi connectivity index (χ1v) is 11.7. The summed E-state index contributed by atoms with van der Waals surface area (Å²) in [5, 5.41) is 4.51. The van der Waals surface area contributed by atoms with Crippen molar-refractivity contribution in [3.63, 3.8) is 0 Å². The van der Waals surface area contributed by atoms with Crippen LogP contribution in [0.5, 0.6) is 0 Å². The number of hydrogen-bond acceptors (Lipinski definition) is 4. The van der Waals surface area contributed by atoms with E-state index in [0.717, 1.165) is 22.9 Å². The molecule has 0 bridgehead atoms. The monoisotopic (exact) mass is 389 g/mol. The minimum atomic E-state index is -3.45. The first-order valence-electron chi connectivity index (χ1n) is 8.28. The molecule has 6 heteroatoms. The molecule has 130 valence electrons. The van der Waals surface area contributed by atoms with E-state index in [-0.39, 0.29) is 0 Å². The van der Waals surface area contributed by atoms with E-state index in [1.807, 2.05) is 42.1 Å². The van der Waals surface area contributed by atoms with Crippen LogP contribution in [0.1, 0.15) is 16.5 Å². The number of sulfonamides is 1. The molecule has 1 fully saturated rings. The maximum atomic E-state index is 13.1. The zero-order valence-electron chi connectivity index (χ0n) is 13.7.